The van der Waals surface area contributed by atoms with Crippen LogP contribution >= 0.6 is 0 Å². The largest absolute Gasteiger partial charge is 0.497 e. The van der Waals surface area contributed by atoms with E-state index in [1.807, 2.05) is 6.07 Å². The van der Waals surface area contributed by atoms with Gasteiger partial charge in [0.1, 0.15) is 5.75 Å². The third kappa shape index (κ3) is 4.00. The van der Waals surface area contributed by atoms with E-state index in [9.17, 15) is 0 Å². The van der Waals surface area contributed by atoms with Crippen molar-refractivity contribution in [1.29, 1.82) is 0 Å². The first-order valence-corrected chi connectivity index (χ1v) is 8.26. The van der Waals surface area contributed by atoms with Crippen LogP contribution < -0.4 is 10.1 Å². The van der Waals surface area contributed by atoms with Crippen LogP contribution in [0.2, 0.25) is 0 Å². The molecular formula is C19H31NO. The van der Waals surface area contributed by atoms with Crippen molar-refractivity contribution in [3.63, 3.8) is 0 Å². The molecule has 1 N–H and O–H groups in total. The predicted octanol–water partition coefficient (Wildman–Crippen LogP) is 4.29. The Labute approximate surface area is 130 Å². The molecule has 1 saturated carbocycles. The highest BCUT2D eigenvalue weighted by Crippen LogP contribution is 2.42. The summed E-state index contributed by atoms with van der Waals surface area (Å²) < 4.78 is 5.36. The van der Waals surface area contributed by atoms with Gasteiger partial charge in [-0.25, -0.2) is 0 Å². The number of hydrogen-bond donors (Lipinski definition) is 1. The van der Waals surface area contributed by atoms with Crippen LogP contribution in [0.3, 0.4) is 0 Å². The normalized spacial score (nSPS) is 26.6. The molecular weight excluding hydrogens is 258 g/mol. The molecule has 0 saturated heterocycles. The molecule has 1 fully saturated rings. The first-order chi connectivity index (χ1) is 9.96. The summed E-state index contributed by atoms with van der Waals surface area (Å²) in [5.74, 6) is 2.56. The van der Waals surface area contributed by atoms with Crippen molar-refractivity contribution in [2.45, 2.75) is 52.5 Å². The van der Waals surface area contributed by atoms with E-state index < -0.39 is 0 Å². The Morgan fingerprint density at radius 2 is 2.05 bits per heavy atom. The summed E-state index contributed by atoms with van der Waals surface area (Å²) >= 11 is 0. The second kappa shape index (κ2) is 6.83. The van der Waals surface area contributed by atoms with Crippen molar-refractivity contribution >= 4 is 0 Å². The summed E-state index contributed by atoms with van der Waals surface area (Å²) in [6.45, 7) is 7.24. The zero-order chi connectivity index (χ0) is 15.5. The molecule has 1 aliphatic rings. The third-order valence-corrected chi connectivity index (χ3v) is 5.28. The lowest BCUT2D eigenvalue weighted by molar-refractivity contribution is 0.0980. The fourth-order valence-corrected chi connectivity index (χ4v) is 4.07. The highest BCUT2D eigenvalue weighted by atomic mass is 16.5. The van der Waals surface area contributed by atoms with Gasteiger partial charge < -0.3 is 10.1 Å². The summed E-state index contributed by atoms with van der Waals surface area (Å²) in [6.07, 6.45) is 5.12. The van der Waals surface area contributed by atoms with E-state index in [1.54, 1.807) is 7.11 Å². The molecule has 0 heterocycles. The Hall–Kier alpha value is -1.02. The molecule has 2 rings (SSSR count). The lowest BCUT2D eigenvalue weighted by Gasteiger charge is -2.44. The van der Waals surface area contributed by atoms with E-state index >= 15 is 0 Å². The quantitative estimate of drug-likeness (QED) is 0.873. The van der Waals surface area contributed by atoms with Gasteiger partial charge in [0.25, 0.3) is 0 Å². The maximum atomic E-state index is 5.36. The van der Waals surface area contributed by atoms with Gasteiger partial charge in [-0.2, -0.15) is 0 Å². The Bertz CT molecular complexity index is 455. The second-order valence-electron chi connectivity index (χ2n) is 7.44. The molecule has 0 amide bonds. The van der Waals surface area contributed by atoms with Gasteiger partial charge in [0, 0.05) is 6.04 Å². The first-order valence-electron chi connectivity index (χ1n) is 8.26. The van der Waals surface area contributed by atoms with Gasteiger partial charge in [0.05, 0.1) is 7.11 Å². The fourth-order valence-electron chi connectivity index (χ4n) is 4.07. The Kier molecular flexibility index (Phi) is 5.32. The molecule has 2 heteroatoms. The molecule has 0 bridgehead atoms. The number of rotatable bonds is 5. The van der Waals surface area contributed by atoms with Crippen molar-refractivity contribution in [3.8, 4) is 5.75 Å². The molecule has 3 atom stereocenters. The maximum absolute atomic E-state index is 5.36. The summed E-state index contributed by atoms with van der Waals surface area (Å²) in [5, 5.41) is 3.57. The summed E-state index contributed by atoms with van der Waals surface area (Å²) in [7, 11) is 3.86. The highest BCUT2D eigenvalue weighted by molar-refractivity contribution is 5.29. The number of hydrogen-bond acceptors (Lipinski definition) is 2. The second-order valence-corrected chi connectivity index (χ2v) is 7.44. The molecule has 0 spiro atoms. The van der Waals surface area contributed by atoms with E-state index in [-0.39, 0.29) is 0 Å². The average molecular weight is 289 g/mol. The Morgan fingerprint density at radius 1 is 1.29 bits per heavy atom. The predicted molar refractivity (Wildman–Crippen MR) is 89.8 cm³/mol. The maximum Gasteiger partial charge on any atom is 0.119 e. The number of methoxy groups -OCH3 is 1. The smallest absolute Gasteiger partial charge is 0.119 e. The van der Waals surface area contributed by atoms with Gasteiger partial charge in [-0.1, -0.05) is 39.3 Å². The lowest BCUT2D eigenvalue weighted by atomic mass is 9.64. The molecule has 0 radical (unpaired) electrons. The summed E-state index contributed by atoms with van der Waals surface area (Å²) in [4.78, 5) is 0. The molecule has 118 valence electrons. The minimum Gasteiger partial charge on any atom is -0.497 e. The third-order valence-electron chi connectivity index (χ3n) is 5.28. The number of benzene rings is 1. The Morgan fingerprint density at radius 3 is 2.71 bits per heavy atom. The van der Waals surface area contributed by atoms with Gasteiger partial charge in [-0.15, -0.1) is 0 Å². The first kappa shape index (κ1) is 16.4. The summed E-state index contributed by atoms with van der Waals surface area (Å²) in [6, 6.07) is 9.18. The van der Waals surface area contributed by atoms with Gasteiger partial charge in [0.2, 0.25) is 0 Å². The van der Waals surface area contributed by atoms with Crippen molar-refractivity contribution < 1.29 is 4.74 Å². The van der Waals surface area contributed by atoms with E-state index in [0.717, 1.165) is 24.0 Å². The van der Waals surface area contributed by atoms with Gasteiger partial charge in [-0.3, -0.25) is 0 Å². The monoisotopic (exact) mass is 289 g/mol. The van der Waals surface area contributed by atoms with E-state index in [1.165, 1.54) is 24.8 Å². The van der Waals surface area contributed by atoms with E-state index in [4.69, 9.17) is 4.74 Å². The fraction of sp³-hybridized carbons (Fsp3) is 0.684. The molecule has 21 heavy (non-hydrogen) atoms. The highest BCUT2D eigenvalue weighted by Gasteiger charge is 2.38. The Balaban J connectivity index is 2.12. The van der Waals surface area contributed by atoms with Crippen LogP contribution in [0.15, 0.2) is 24.3 Å². The minimum atomic E-state index is 0.306. The molecule has 2 nitrogen and oxygen atoms in total. The topological polar surface area (TPSA) is 21.3 Å². The zero-order valence-corrected chi connectivity index (χ0v) is 14.3. The molecule has 1 aromatic rings. The molecule has 1 aliphatic carbocycles. The van der Waals surface area contributed by atoms with E-state index in [0.29, 0.717) is 11.5 Å². The standard InChI is InChI=1S/C19H31NO/c1-14-9-10-17(18(11-14)20-4)19(2,3)13-15-7-6-8-16(12-15)21-5/h6-8,12,14,17-18,20H,9-11,13H2,1-5H3. The van der Waals surface area contributed by atoms with Crippen LogP contribution in [0, 0.1) is 17.3 Å². The van der Waals surface area contributed by atoms with Crippen LogP contribution in [-0.2, 0) is 6.42 Å². The number of nitrogens with one attached hydrogen (secondary N) is 1. The zero-order valence-electron chi connectivity index (χ0n) is 14.3. The molecule has 0 aromatic heterocycles. The van der Waals surface area contributed by atoms with Crippen molar-refractivity contribution in [1.82, 2.24) is 5.32 Å². The van der Waals surface area contributed by atoms with E-state index in [2.05, 4.69) is 51.3 Å². The van der Waals surface area contributed by atoms with Crippen LogP contribution in [0.1, 0.15) is 45.6 Å². The van der Waals surface area contributed by atoms with Gasteiger partial charge in [-0.05, 0) is 61.3 Å². The molecule has 3 unspecified atom stereocenters. The van der Waals surface area contributed by atoms with Crippen LogP contribution in [0.5, 0.6) is 5.75 Å². The van der Waals surface area contributed by atoms with Crippen molar-refractivity contribution in [2.75, 3.05) is 14.2 Å². The SMILES string of the molecule is CNC1CC(C)CCC1C(C)(C)Cc1cccc(OC)c1. The minimum absolute atomic E-state index is 0.306. The van der Waals surface area contributed by atoms with Crippen LogP contribution in [0.25, 0.3) is 0 Å². The van der Waals surface area contributed by atoms with Crippen molar-refractivity contribution in [3.05, 3.63) is 29.8 Å². The average Bonchev–Trinajstić information content (AvgIpc) is 2.46. The lowest BCUT2D eigenvalue weighted by Crippen LogP contribution is -2.46. The van der Waals surface area contributed by atoms with Crippen LogP contribution in [0.4, 0.5) is 0 Å². The van der Waals surface area contributed by atoms with Gasteiger partial charge >= 0.3 is 0 Å². The summed E-state index contributed by atoms with van der Waals surface area (Å²) in [5.41, 5.74) is 1.69. The number of ether oxygens (including phenoxy) is 1. The molecule has 0 aliphatic heterocycles. The van der Waals surface area contributed by atoms with Gasteiger partial charge in [0.15, 0.2) is 0 Å². The van der Waals surface area contributed by atoms with Crippen LogP contribution in [-0.4, -0.2) is 20.2 Å². The molecule has 1 aromatic carbocycles. The van der Waals surface area contributed by atoms with Crippen molar-refractivity contribution in [2.24, 2.45) is 17.3 Å².